The van der Waals surface area contributed by atoms with Crippen molar-refractivity contribution in [3.63, 3.8) is 0 Å². The molecule has 1 aromatic rings. The first-order valence-electron chi connectivity index (χ1n) is 5.81. The van der Waals surface area contributed by atoms with E-state index < -0.39 is 12.0 Å². The highest BCUT2D eigenvalue weighted by molar-refractivity contribution is 7.12. The molecule has 2 N–H and O–H groups in total. The molecule has 0 bridgehead atoms. The van der Waals surface area contributed by atoms with E-state index in [4.69, 9.17) is 4.74 Å². The maximum Gasteiger partial charge on any atom is 0.326 e. The van der Waals surface area contributed by atoms with E-state index in [0.29, 0.717) is 6.54 Å². The van der Waals surface area contributed by atoms with E-state index in [1.807, 2.05) is 19.1 Å². The Morgan fingerprint density at radius 1 is 1.71 bits per heavy atom. The molecule has 1 saturated heterocycles. The normalized spacial score (nSPS) is 21.6. The van der Waals surface area contributed by atoms with Gasteiger partial charge in [0.25, 0.3) is 0 Å². The van der Waals surface area contributed by atoms with Gasteiger partial charge in [0.1, 0.15) is 6.04 Å². The Kier molecular flexibility index (Phi) is 4.15. The zero-order valence-corrected chi connectivity index (χ0v) is 10.6. The lowest BCUT2D eigenvalue weighted by molar-refractivity contribution is -0.139. The molecule has 2 atom stereocenters. The number of carbonyl (C=O) groups is 1. The second-order valence-corrected chi connectivity index (χ2v) is 5.58. The quantitative estimate of drug-likeness (QED) is 0.844. The van der Waals surface area contributed by atoms with Crippen molar-refractivity contribution in [1.29, 1.82) is 0 Å². The minimum atomic E-state index is -0.829. The van der Waals surface area contributed by atoms with Gasteiger partial charge in [-0.25, -0.2) is 0 Å². The van der Waals surface area contributed by atoms with E-state index in [9.17, 15) is 9.90 Å². The van der Waals surface area contributed by atoms with Gasteiger partial charge in [0, 0.05) is 22.9 Å². The van der Waals surface area contributed by atoms with Crippen LogP contribution < -0.4 is 5.32 Å². The third kappa shape index (κ3) is 3.28. The average Bonchev–Trinajstić information content (AvgIpc) is 2.90. The monoisotopic (exact) mass is 255 g/mol. The van der Waals surface area contributed by atoms with Crippen LogP contribution in [0.25, 0.3) is 0 Å². The van der Waals surface area contributed by atoms with E-state index in [2.05, 4.69) is 5.32 Å². The molecule has 2 rings (SSSR count). The summed E-state index contributed by atoms with van der Waals surface area (Å²) in [7, 11) is 0. The minimum absolute atomic E-state index is 0.165. The van der Waals surface area contributed by atoms with Crippen molar-refractivity contribution >= 4 is 17.3 Å². The summed E-state index contributed by atoms with van der Waals surface area (Å²) in [6, 6.07) is 3.21. The van der Waals surface area contributed by atoms with Crippen molar-refractivity contribution in [3.8, 4) is 0 Å². The lowest BCUT2D eigenvalue weighted by Crippen LogP contribution is -2.33. The topological polar surface area (TPSA) is 58.6 Å². The first kappa shape index (κ1) is 12.5. The lowest BCUT2D eigenvalue weighted by Gasteiger charge is -2.16. The van der Waals surface area contributed by atoms with Crippen LogP contribution in [0.15, 0.2) is 12.1 Å². The molecular formula is C12H17NO3S. The number of nitrogens with one attached hydrogen (secondary N) is 1. The van der Waals surface area contributed by atoms with Crippen LogP contribution in [0.5, 0.6) is 0 Å². The van der Waals surface area contributed by atoms with E-state index in [1.54, 1.807) is 0 Å². The number of hydrogen-bond acceptors (Lipinski definition) is 4. The van der Waals surface area contributed by atoms with Gasteiger partial charge >= 0.3 is 5.97 Å². The number of aryl methyl sites for hydroxylation is 1. The highest BCUT2D eigenvalue weighted by atomic mass is 32.1. The van der Waals surface area contributed by atoms with Gasteiger partial charge in [-0.1, -0.05) is 0 Å². The van der Waals surface area contributed by atoms with Gasteiger partial charge in [0.05, 0.1) is 6.10 Å². The molecule has 0 aliphatic carbocycles. The number of rotatable bonds is 5. The predicted molar refractivity (Wildman–Crippen MR) is 66.4 cm³/mol. The fourth-order valence-corrected chi connectivity index (χ4v) is 2.92. The number of hydrogen-bond donors (Lipinski definition) is 2. The summed E-state index contributed by atoms with van der Waals surface area (Å²) in [5.41, 5.74) is 0. The minimum Gasteiger partial charge on any atom is -0.480 e. The molecule has 0 saturated carbocycles. The Hall–Kier alpha value is -0.910. The molecule has 4 nitrogen and oxygen atoms in total. The fourth-order valence-electron chi connectivity index (χ4n) is 1.97. The SMILES string of the molecule is Cc1ccc(C(NCC2CCCO2)C(=O)O)s1. The van der Waals surface area contributed by atoms with Crippen molar-refractivity contribution in [2.75, 3.05) is 13.2 Å². The number of carboxylic acids is 1. The van der Waals surface area contributed by atoms with Crippen LogP contribution in [0, 0.1) is 6.92 Å². The molecule has 2 heterocycles. The van der Waals surface area contributed by atoms with Crippen LogP contribution in [-0.4, -0.2) is 30.3 Å². The van der Waals surface area contributed by atoms with Gasteiger partial charge < -0.3 is 9.84 Å². The molecule has 0 radical (unpaired) electrons. The van der Waals surface area contributed by atoms with Crippen LogP contribution in [0.1, 0.15) is 28.6 Å². The molecule has 0 aromatic carbocycles. The summed E-state index contributed by atoms with van der Waals surface area (Å²) in [4.78, 5) is 13.2. The van der Waals surface area contributed by atoms with Gasteiger partial charge in [-0.15, -0.1) is 11.3 Å². The van der Waals surface area contributed by atoms with Crippen molar-refractivity contribution < 1.29 is 14.6 Å². The molecule has 94 valence electrons. The summed E-state index contributed by atoms with van der Waals surface area (Å²) >= 11 is 1.52. The zero-order chi connectivity index (χ0) is 12.3. The predicted octanol–water partition coefficient (Wildman–Crippen LogP) is 1.95. The Morgan fingerprint density at radius 2 is 2.53 bits per heavy atom. The molecule has 0 spiro atoms. The number of thiophene rings is 1. The number of ether oxygens (including phenoxy) is 1. The highest BCUT2D eigenvalue weighted by Gasteiger charge is 2.23. The van der Waals surface area contributed by atoms with Crippen molar-refractivity contribution in [2.24, 2.45) is 0 Å². The maximum absolute atomic E-state index is 11.2. The van der Waals surface area contributed by atoms with E-state index in [-0.39, 0.29) is 6.10 Å². The summed E-state index contributed by atoms with van der Waals surface area (Å²) in [5, 5.41) is 12.3. The van der Waals surface area contributed by atoms with Crippen LogP contribution >= 0.6 is 11.3 Å². The first-order chi connectivity index (χ1) is 8.16. The standard InChI is InChI=1S/C12H17NO3S/c1-8-4-5-10(17-8)11(12(14)15)13-7-9-3-2-6-16-9/h4-5,9,11,13H,2-3,6-7H2,1H3,(H,14,15). The smallest absolute Gasteiger partial charge is 0.326 e. The van der Waals surface area contributed by atoms with Crippen LogP contribution in [0.3, 0.4) is 0 Å². The Labute approximate surface area is 105 Å². The largest absolute Gasteiger partial charge is 0.480 e. The van der Waals surface area contributed by atoms with Gasteiger partial charge in [0.15, 0.2) is 0 Å². The molecule has 1 aliphatic heterocycles. The Balaban J connectivity index is 1.95. The molecule has 17 heavy (non-hydrogen) atoms. The third-order valence-corrected chi connectivity index (χ3v) is 3.93. The van der Waals surface area contributed by atoms with Crippen molar-refractivity contribution in [1.82, 2.24) is 5.32 Å². The highest BCUT2D eigenvalue weighted by Crippen LogP contribution is 2.23. The number of aliphatic carboxylic acids is 1. The summed E-state index contributed by atoms with van der Waals surface area (Å²) < 4.78 is 5.47. The Morgan fingerprint density at radius 3 is 3.06 bits per heavy atom. The molecule has 0 amide bonds. The molecule has 1 aromatic heterocycles. The van der Waals surface area contributed by atoms with Gasteiger partial charge in [-0.2, -0.15) is 0 Å². The molecular weight excluding hydrogens is 238 g/mol. The molecule has 2 unspecified atom stereocenters. The molecule has 5 heteroatoms. The van der Waals surface area contributed by atoms with Crippen LogP contribution in [-0.2, 0) is 9.53 Å². The van der Waals surface area contributed by atoms with Crippen LogP contribution in [0.4, 0.5) is 0 Å². The fraction of sp³-hybridized carbons (Fsp3) is 0.583. The van der Waals surface area contributed by atoms with Gasteiger partial charge in [0.2, 0.25) is 0 Å². The number of carboxylic acid groups (broad SMARTS) is 1. The van der Waals surface area contributed by atoms with E-state index in [1.165, 1.54) is 11.3 Å². The van der Waals surface area contributed by atoms with Gasteiger partial charge in [-0.3, -0.25) is 10.1 Å². The molecule has 1 fully saturated rings. The summed E-state index contributed by atoms with van der Waals surface area (Å²) in [5.74, 6) is -0.829. The lowest BCUT2D eigenvalue weighted by atomic mass is 10.2. The Bertz CT molecular complexity index is 385. The van der Waals surface area contributed by atoms with Crippen molar-refractivity contribution in [2.45, 2.75) is 31.9 Å². The van der Waals surface area contributed by atoms with E-state index >= 15 is 0 Å². The average molecular weight is 255 g/mol. The van der Waals surface area contributed by atoms with E-state index in [0.717, 1.165) is 29.2 Å². The maximum atomic E-state index is 11.2. The molecule has 1 aliphatic rings. The van der Waals surface area contributed by atoms with Crippen molar-refractivity contribution in [3.05, 3.63) is 21.9 Å². The second kappa shape index (κ2) is 5.62. The zero-order valence-electron chi connectivity index (χ0n) is 9.81. The first-order valence-corrected chi connectivity index (χ1v) is 6.62. The second-order valence-electron chi connectivity index (χ2n) is 4.26. The third-order valence-electron chi connectivity index (χ3n) is 2.87. The van der Waals surface area contributed by atoms with Gasteiger partial charge in [-0.05, 0) is 31.9 Å². The summed E-state index contributed by atoms with van der Waals surface area (Å²) in [6.45, 7) is 3.38. The van der Waals surface area contributed by atoms with Crippen LogP contribution in [0.2, 0.25) is 0 Å². The summed E-state index contributed by atoms with van der Waals surface area (Å²) in [6.07, 6.45) is 2.25.